The van der Waals surface area contributed by atoms with Gasteiger partial charge in [0.25, 0.3) is 10.0 Å². The van der Waals surface area contributed by atoms with Crippen molar-refractivity contribution in [3.05, 3.63) is 77.5 Å². The normalized spacial score (nSPS) is 14.8. The fourth-order valence-electron chi connectivity index (χ4n) is 3.16. The van der Waals surface area contributed by atoms with Gasteiger partial charge >= 0.3 is 0 Å². The van der Waals surface area contributed by atoms with Crippen molar-refractivity contribution in [1.29, 1.82) is 0 Å². The first-order valence-corrected chi connectivity index (χ1v) is 10.5. The first-order chi connectivity index (χ1) is 14.0. The number of hydrogen-bond donors (Lipinski definition) is 1. The van der Waals surface area contributed by atoms with Gasteiger partial charge in [0.05, 0.1) is 25.7 Å². The molecule has 1 N–H and O–H groups in total. The molecule has 9 heteroatoms. The first kappa shape index (κ1) is 19.6. The standard InChI is InChI=1S/C20H20FN3O4S/c21-18-3-1-2-15(9-18)12-27-13-16-4-5-19-17(8-16)11-24(6-7-28-19)29(25,26)20-10-22-14-23-20/h1-5,8-10,14H,6-7,11-13H2,(H,22,23). The van der Waals surface area contributed by atoms with Crippen LogP contribution in [-0.4, -0.2) is 35.8 Å². The molecule has 0 aliphatic carbocycles. The molecule has 1 aromatic heterocycles. The highest BCUT2D eigenvalue weighted by Crippen LogP contribution is 2.27. The van der Waals surface area contributed by atoms with Gasteiger partial charge in [-0.3, -0.25) is 0 Å². The van der Waals surface area contributed by atoms with Gasteiger partial charge in [0, 0.05) is 18.7 Å². The number of H-pyrrole nitrogens is 1. The number of benzene rings is 2. The summed E-state index contributed by atoms with van der Waals surface area (Å²) in [5.41, 5.74) is 2.39. The Hall–Kier alpha value is -2.75. The number of sulfonamides is 1. The van der Waals surface area contributed by atoms with E-state index < -0.39 is 10.0 Å². The molecule has 0 saturated carbocycles. The molecular weight excluding hydrogens is 397 g/mol. The molecule has 0 fully saturated rings. The first-order valence-electron chi connectivity index (χ1n) is 9.08. The monoisotopic (exact) mass is 417 g/mol. The number of fused-ring (bicyclic) bond motifs is 1. The number of halogens is 1. The SMILES string of the molecule is O=S(=O)(c1cnc[nH]1)N1CCOc2ccc(COCc3cccc(F)c3)cc2C1. The van der Waals surface area contributed by atoms with E-state index in [1.54, 1.807) is 12.1 Å². The summed E-state index contributed by atoms with van der Waals surface area (Å²) in [7, 11) is -3.69. The van der Waals surface area contributed by atoms with Gasteiger partial charge in [-0.25, -0.2) is 17.8 Å². The topological polar surface area (TPSA) is 84.5 Å². The summed E-state index contributed by atoms with van der Waals surface area (Å²) in [5, 5.41) is 0.0514. The number of nitrogens with one attached hydrogen (secondary N) is 1. The van der Waals surface area contributed by atoms with E-state index in [9.17, 15) is 12.8 Å². The Bertz CT molecular complexity index is 1090. The fraction of sp³-hybridized carbons (Fsp3) is 0.250. The predicted octanol–water partition coefficient (Wildman–Crippen LogP) is 2.85. The smallest absolute Gasteiger partial charge is 0.260 e. The second-order valence-corrected chi connectivity index (χ2v) is 8.57. The molecule has 0 saturated heterocycles. The average molecular weight is 417 g/mol. The number of aromatic amines is 1. The number of aromatic nitrogens is 2. The lowest BCUT2D eigenvalue weighted by molar-refractivity contribution is 0.107. The van der Waals surface area contributed by atoms with Crippen LogP contribution in [0.2, 0.25) is 0 Å². The van der Waals surface area contributed by atoms with Crippen molar-refractivity contribution in [3.63, 3.8) is 0 Å². The van der Waals surface area contributed by atoms with E-state index in [0.29, 0.717) is 12.4 Å². The Morgan fingerprint density at radius 1 is 1.17 bits per heavy atom. The van der Waals surface area contributed by atoms with Crippen molar-refractivity contribution >= 4 is 10.0 Å². The molecule has 0 amide bonds. The van der Waals surface area contributed by atoms with Crippen molar-refractivity contribution in [2.24, 2.45) is 0 Å². The van der Waals surface area contributed by atoms with Crippen molar-refractivity contribution in [2.75, 3.05) is 13.2 Å². The van der Waals surface area contributed by atoms with Crippen LogP contribution in [0.25, 0.3) is 0 Å². The van der Waals surface area contributed by atoms with Gasteiger partial charge < -0.3 is 14.5 Å². The largest absolute Gasteiger partial charge is 0.492 e. The van der Waals surface area contributed by atoms with E-state index in [2.05, 4.69) is 9.97 Å². The van der Waals surface area contributed by atoms with Crippen molar-refractivity contribution < 1.29 is 22.3 Å². The van der Waals surface area contributed by atoms with Crippen molar-refractivity contribution in [1.82, 2.24) is 14.3 Å². The van der Waals surface area contributed by atoms with Crippen LogP contribution in [0, 0.1) is 5.82 Å². The lowest BCUT2D eigenvalue weighted by Crippen LogP contribution is -2.32. The van der Waals surface area contributed by atoms with Crippen LogP contribution >= 0.6 is 0 Å². The van der Waals surface area contributed by atoms with Crippen molar-refractivity contribution in [2.45, 2.75) is 24.8 Å². The maximum Gasteiger partial charge on any atom is 0.260 e. The third kappa shape index (κ3) is 4.47. The fourth-order valence-corrected chi connectivity index (χ4v) is 4.45. The zero-order valence-corrected chi connectivity index (χ0v) is 16.4. The Labute approximate surface area is 168 Å². The second-order valence-electron chi connectivity index (χ2n) is 6.67. The van der Waals surface area contributed by atoms with E-state index in [0.717, 1.165) is 16.7 Å². The van der Waals surface area contributed by atoms with E-state index in [1.807, 2.05) is 18.2 Å². The van der Waals surface area contributed by atoms with E-state index >= 15 is 0 Å². The molecule has 4 rings (SSSR count). The summed E-state index contributed by atoms with van der Waals surface area (Å²) < 4.78 is 51.6. The lowest BCUT2D eigenvalue weighted by Gasteiger charge is -2.18. The average Bonchev–Trinajstić information content (AvgIpc) is 3.16. The Morgan fingerprint density at radius 2 is 2.00 bits per heavy atom. The summed E-state index contributed by atoms with van der Waals surface area (Å²) in [4.78, 5) is 6.45. The van der Waals surface area contributed by atoms with E-state index in [1.165, 1.54) is 29.0 Å². The molecule has 29 heavy (non-hydrogen) atoms. The van der Waals surface area contributed by atoms with Gasteiger partial charge in [-0.1, -0.05) is 18.2 Å². The molecule has 2 aromatic carbocycles. The minimum absolute atomic E-state index is 0.0514. The molecule has 0 bridgehead atoms. The molecule has 0 atom stereocenters. The van der Waals surface area contributed by atoms with Gasteiger partial charge in [-0.15, -0.1) is 0 Å². The Kier molecular flexibility index (Phi) is 5.61. The van der Waals surface area contributed by atoms with Gasteiger partial charge in [0.2, 0.25) is 0 Å². The van der Waals surface area contributed by atoms with Gasteiger partial charge in [-0.2, -0.15) is 4.31 Å². The van der Waals surface area contributed by atoms with Crippen LogP contribution in [0.3, 0.4) is 0 Å². The zero-order chi connectivity index (χ0) is 20.3. The molecule has 152 valence electrons. The summed E-state index contributed by atoms with van der Waals surface area (Å²) in [6.45, 7) is 1.29. The lowest BCUT2D eigenvalue weighted by atomic mass is 10.1. The molecule has 2 heterocycles. The molecule has 7 nitrogen and oxygen atoms in total. The minimum Gasteiger partial charge on any atom is -0.492 e. The quantitative estimate of drug-likeness (QED) is 0.667. The highest BCUT2D eigenvalue weighted by Gasteiger charge is 2.28. The second kappa shape index (κ2) is 8.32. The third-order valence-corrected chi connectivity index (χ3v) is 6.36. The Morgan fingerprint density at radius 3 is 2.76 bits per heavy atom. The van der Waals surface area contributed by atoms with Crippen molar-refractivity contribution in [3.8, 4) is 5.75 Å². The summed E-state index contributed by atoms with van der Waals surface area (Å²) >= 11 is 0. The number of ether oxygens (including phenoxy) is 2. The number of nitrogens with zero attached hydrogens (tertiary/aromatic N) is 2. The van der Waals surface area contributed by atoms with Gasteiger partial charge in [0.15, 0.2) is 5.03 Å². The Balaban J connectivity index is 1.47. The molecule has 0 radical (unpaired) electrons. The summed E-state index contributed by atoms with van der Waals surface area (Å²) in [6, 6.07) is 11.8. The number of rotatable bonds is 6. The molecule has 1 aliphatic rings. The molecule has 0 unspecified atom stereocenters. The van der Waals surface area contributed by atoms with Gasteiger partial charge in [0.1, 0.15) is 18.2 Å². The molecular formula is C20H20FN3O4S. The van der Waals surface area contributed by atoms with Gasteiger partial charge in [-0.05, 0) is 35.4 Å². The third-order valence-electron chi connectivity index (χ3n) is 4.59. The van der Waals surface area contributed by atoms with E-state index in [4.69, 9.17) is 9.47 Å². The molecule has 1 aliphatic heterocycles. The zero-order valence-electron chi connectivity index (χ0n) is 15.5. The highest BCUT2D eigenvalue weighted by atomic mass is 32.2. The predicted molar refractivity (Wildman–Crippen MR) is 103 cm³/mol. The van der Waals surface area contributed by atoms with Crippen LogP contribution < -0.4 is 4.74 Å². The van der Waals surface area contributed by atoms with Crippen LogP contribution in [0.1, 0.15) is 16.7 Å². The minimum atomic E-state index is -3.69. The highest BCUT2D eigenvalue weighted by molar-refractivity contribution is 7.89. The molecule has 0 spiro atoms. The number of hydrogen-bond acceptors (Lipinski definition) is 5. The van der Waals surface area contributed by atoms with Crippen LogP contribution in [0.15, 0.2) is 60.0 Å². The van der Waals surface area contributed by atoms with Crippen LogP contribution in [-0.2, 0) is 34.5 Å². The maximum absolute atomic E-state index is 13.3. The van der Waals surface area contributed by atoms with E-state index in [-0.39, 0.29) is 37.1 Å². The van der Waals surface area contributed by atoms with Crippen LogP contribution in [0.5, 0.6) is 5.75 Å². The molecule has 3 aromatic rings. The summed E-state index contributed by atoms with van der Waals surface area (Å²) in [5.74, 6) is 0.355. The maximum atomic E-state index is 13.3. The van der Waals surface area contributed by atoms with Crippen LogP contribution in [0.4, 0.5) is 4.39 Å². The number of imidazole rings is 1. The summed E-state index contributed by atoms with van der Waals surface area (Å²) in [6.07, 6.45) is 2.63.